The lowest BCUT2D eigenvalue weighted by Crippen LogP contribution is -2.27. The number of hydrogen-bond donors (Lipinski definition) is 1. The molecule has 0 fully saturated rings. The van der Waals surface area contributed by atoms with Gasteiger partial charge in [-0.1, -0.05) is 30.4 Å². The molecule has 1 aromatic heterocycles. The average molecular weight is 240 g/mol. The van der Waals surface area contributed by atoms with Gasteiger partial charge in [0.15, 0.2) is 0 Å². The molecule has 0 saturated carbocycles. The molecule has 0 amide bonds. The molecule has 1 atom stereocenters. The molecule has 0 unspecified atom stereocenters. The van der Waals surface area contributed by atoms with E-state index in [0.717, 1.165) is 22.8 Å². The molecule has 18 heavy (non-hydrogen) atoms. The molecule has 0 saturated heterocycles. The molecule has 1 heterocycles. The second-order valence-corrected chi connectivity index (χ2v) is 4.50. The average Bonchev–Trinajstić information content (AvgIpc) is 2.83. The summed E-state index contributed by atoms with van der Waals surface area (Å²) < 4.78 is 5.47. The van der Waals surface area contributed by atoms with E-state index in [1.165, 1.54) is 0 Å². The highest BCUT2D eigenvalue weighted by Gasteiger charge is 2.34. The second kappa shape index (κ2) is 3.88. The van der Waals surface area contributed by atoms with Crippen LogP contribution in [0.25, 0.3) is 11.0 Å². The number of para-hydroxylation sites is 1. The van der Waals surface area contributed by atoms with Crippen LogP contribution < -0.4 is 0 Å². The summed E-state index contributed by atoms with van der Waals surface area (Å²) in [6, 6.07) is 7.57. The van der Waals surface area contributed by atoms with E-state index in [2.05, 4.69) is 0 Å². The first kappa shape index (κ1) is 10.8. The zero-order valence-electron chi connectivity index (χ0n) is 9.67. The fourth-order valence-corrected chi connectivity index (χ4v) is 2.42. The SMILES string of the molecule is O=C[C@@]1(c2coc3ccccc23)C=CC=C(O)C1. The molecule has 0 aliphatic heterocycles. The van der Waals surface area contributed by atoms with Gasteiger partial charge in [-0.15, -0.1) is 0 Å². The summed E-state index contributed by atoms with van der Waals surface area (Å²) in [6.45, 7) is 0. The maximum Gasteiger partial charge on any atom is 0.134 e. The van der Waals surface area contributed by atoms with Crippen molar-refractivity contribution in [1.29, 1.82) is 0 Å². The number of carbonyl (C=O) groups is 1. The molecule has 3 rings (SSSR count). The van der Waals surface area contributed by atoms with Crippen LogP contribution in [0.4, 0.5) is 0 Å². The van der Waals surface area contributed by atoms with E-state index in [0.29, 0.717) is 0 Å². The monoisotopic (exact) mass is 240 g/mol. The topological polar surface area (TPSA) is 50.4 Å². The van der Waals surface area contributed by atoms with Gasteiger partial charge in [-0.25, -0.2) is 0 Å². The van der Waals surface area contributed by atoms with Gasteiger partial charge in [-0.3, -0.25) is 0 Å². The number of rotatable bonds is 2. The number of aliphatic hydroxyl groups excluding tert-OH is 1. The largest absolute Gasteiger partial charge is 0.512 e. The predicted molar refractivity (Wildman–Crippen MR) is 68.4 cm³/mol. The van der Waals surface area contributed by atoms with Gasteiger partial charge < -0.3 is 14.3 Å². The van der Waals surface area contributed by atoms with E-state index in [4.69, 9.17) is 4.42 Å². The van der Waals surface area contributed by atoms with Crippen LogP contribution in [0.2, 0.25) is 0 Å². The number of aliphatic hydroxyl groups is 1. The third kappa shape index (κ3) is 1.48. The number of benzene rings is 1. The van der Waals surface area contributed by atoms with Crippen molar-refractivity contribution < 1.29 is 14.3 Å². The molecule has 3 heteroatoms. The molecule has 0 radical (unpaired) electrons. The first-order valence-electron chi connectivity index (χ1n) is 5.75. The van der Waals surface area contributed by atoms with E-state index < -0.39 is 5.41 Å². The Bertz CT molecular complexity index is 663. The van der Waals surface area contributed by atoms with Crippen molar-refractivity contribution in [1.82, 2.24) is 0 Å². The van der Waals surface area contributed by atoms with E-state index in [1.807, 2.05) is 24.3 Å². The van der Waals surface area contributed by atoms with Crippen molar-refractivity contribution >= 4 is 17.3 Å². The highest BCUT2D eigenvalue weighted by Crippen LogP contribution is 2.38. The highest BCUT2D eigenvalue weighted by atomic mass is 16.3. The number of aldehydes is 1. The highest BCUT2D eigenvalue weighted by molar-refractivity contribution is 5.88. The van der Waals surface area contributed by atoms with Crippen molar-refractivity contribution in [3.63, 3.8) is 0 Å². The fourth-order valence-electron chi connectivity index (χ4n) is 2.42. The zero-order chi connectivity index (χ0) is 12.6. The van der Waals surface area contributed by atoms with Gasteiger partial charge in [-0.05, 0) is 12.1 Å². The first-order chi connectivity index (χ1) is 8.75. The molecule has 0 spiro atoms. The van der Waals surface area contributed by atoms with Crippen LogP contribution in [0.15, 0.2) is 58.9 Å². The second-order valence-electron chi connectivity index (χ2n) is 4.50. The van der Waals surface area contributed by atoms with Crippen molar-refractivity contribution in [2.24, 2.45) is 0 Å². The summed E-state index contributed by atoms with van der Waals surface area (Å²) >= 11 is 0. The number of hydrogen-bond acceptors (Lipinski definition) is 3. The lowest BCUT2D eigenvalue weighted by Gasteiger charge is -2.25. The third-order valence-corrected chi connectivity index (χ3v) is 3.35. The smallest absolute Gasteiger partial charge is 0.134 e. The minimum Gasteiger partial charge on any atom is -0.512 e. The number of carbonyl (C=O) groups excluding carboxylic acids is 1. The number of fused-ring (bicyclic) bond motifs is 1. The Morgan fingerprint density at radius 1 is 1.33 bits per heavy atom. The van der Waals surface area contributed by atoms with E-state index in [-0.39, 0.29) is 12.2 Å². The minimum atomic E-state index is -0.828. The maximum absolute atomic E-state index is 11.5. The van der Waals surface area contributed by atoms with E-state index in [9.17, 15) is 9.90 Å². The van der Waals surface area contributed by atoms with E-state index >= 15 is 0 Å². The Balaban J connectivity index is 2.21. The van der Waals surface area contributed by atoms with Crippen LogP contribution in [-0.4, -0.2) is 11.4 Å². The van der Waals surface area contributed by atoms with Crippen molar-refractivity contribution in [3.05, 3.63) is 60.1 Å². The molecular weight excluding hydrogens is 228 g/mol. The summed E-state index contributed by atoms with van der Waals surface area (Å²) in [4.78, 5) is 11.5. The molecule has 3 nitrogen and oxygen atoms in total. The normalized spacial score (nSPS) is 23.0. The predicted octanol–water partition coefficient (Wildman–Crippen LogP) is 3.27. The maximum atomic E-state index is 11.5. The van der Waals surface area contributed by atoms with Crippen LogP contribution in [0.3, 0.4) is 0 Å². The van der Waals surface area contributed by atoms with Gasteiger partial charge in [0.1, 0.15) is 11.9 Å². The standard InChI is InChI=1S/C15H12O3/c16-10-15(7-3-4-11(17)8-15)13-9-18-14-6-2-1-5-12(13)14/h1-7,9-10,17H,8H2/t15-/m1/s1. The van der Waals surface area contributed by atoms with Gasteiger partial charge in [0.05, 0.1) is 17.4 Å². The zero-order valence-corrected chi connectivity index (χ0v) is 9.67. The lowest BCUT2D eigenvalue weighted by atomic mass is 9.76. The van der Waals surface area contributed by atoms with Gasteiger partial charge in [-0.2, -0.15) is 0 Å². The molecule has 2 aromatic rings. The van der Waals surface area contributed by atoms with Crippen LogP contribution in [0.1, 0.15) is 12.0 Å². The Morgan fingerprint density at radius 3 is 2.94 bits per heavy atom. The Kier molecular flexibility index (Phi) is 2.33. The molecule has 1 N–H and O–H groups in total. The van der Waals surface area contributed by atoms with Gasteiger partial charge in [0, 0.05) is 17.4 Å². The summed E-state index contributed by atoms with van der Waals surface area (Å²) in [6.07, 6.45) is 7.85. The van der Waals surface area contributed by atoms with Crippen molar-refractivity contribution in [2.75, 3.05) is 0 Å². The molecule has 90 valence electrons. The van der Waals surface area contributed by atoms with Crippen molar-refractivity contribution in [3.8, 4) is 0 Å². The first-order valence-corrected chi connectivity index (χ1v) is 5.75. The summed E-state index contributed by atoms with van der Waals surface area (Å²) in [5, 5.41) is 10.6. The third-order valence-electron chi connectivity index (χ3n) is 3.35. The summed E-state index contributed by atoms with van der Waals surface area (Å²) in [5.74, 6) is 0.204. The van der Waals surface area contributed by atoms with Gasteiger partial charge in [0.25, 0.3) is 0 Å². The molecule has 1 aromatic carbocycles. The molecular formula is C15H12O3. The summed E-state index contributed by atoms with van der Waals surface area (Å²) in [7, 11) is 0. The number of furan rings is 1. The van der Waals surface area contributed by atoms with Crippen LogP contribution in [0.5, 0.6) is 0 Å². The van der Waals surface area contributed by atoms with Crippen molar-refractivity contribution in [2.45, 2.75) is 11.8 Å². The van der Waals surface area contributed by atoms with E-state index in [1.54, 1.807) is 24.5 Å². The summed E-state index contributed by atoms with van der Waals surface area (Å²) in [5.41, 5.74) is 0.714. The van der Waals surface area contributed by atoms with Crippen LogP contribution in [-0.2, 0) is 10.2 Å². The molecule has 1 aliphatic carbocycles. The van der Waals surface area contributed by atoms with Crippen LogP contribution >= 0.6 is 0 Å². The Morgan fingerprint density at radius 2 is 2.17 bits per heavy atom. The van der Waals surface area contributed by atoms with Gasteiger partial charge in [0.2, 0.25) is 0 Å². The quantitative estimate of drug-likeness (QED) is 0.819. The Labute approximate surface area is 104 Å². The number of allylic oxidation sites excluding steroid dienone is 4. The minimum absolute atomic E-state index is 0.204. The van der Waals surface area contributed by atoms with Gasteiger partial charge >= 0.3 is 0 Å². The van der Waals surface area contributed by atoms with Crippen LogP contribution in [0, 0.1) is 0 Å². The fraction of sp³-hybridized carbons (Fsp3) is 0.133. The Hall–Kier alpha value is -2.29. The lowest BCUT2D eigenvalue weighted by molar-refractivity contribution is -0.111. The molecule has 0 bridgehead atoms. The molecule has 1 aliphatic rings.